The minimum Gasteiger partial charge on any atom is -0.372 e. The van der Waals surface area contributed by atoms with Crippen LogP contribution in [0.4, 0.5) is 0 Å². The zero-order chi connectivity index (χ0) is 8.43. The lowest BCUT2D eigenvalue weighted by molar-refractivity contribution is -0.157. The first-order chi connectivity index (χ1) is 5.15. The van der Waals surface area contributed by atoms with Crippen molar-refractivity contribution in [3.63, 3.8) is 0 Å². The van der Waals surface area contributed by atoms with E-state index >= 15 is 0 Å². The van der Waals surface area contributed by atoms with Crippen LogP contribution in [0.2, 0.25) is 0 Å². The molecule has 1 rings (SSSR count). The molecular formula is C8H14O3. The number of Topliss-reactive ketones (excluding diaryl/α,β-unsaturated/α-hetero) is 1. The topological polar surface area (TPSA) is 35.5 Å². The summed E-state index contributed by atoms with van der Waals surface area (Å²) in [7, 11) is 1.54. The third kappa shape index (κ3) is 1.79. The zero-order valence-corrected chi connectivity index (χ0v) is 7.16. The van der Waals surface area contributed by atoms with Crippen LogP contribution in [0.3, 0.4) is 0 Å². The molecule has 3 heteroatoms. The summed E-state index contributed by atoms with van der Waals surface area (Å²) in [5.41, 5.74) is 0. The van der Waals surface area contributed by atoms with E-state index in [-0.39, 0.29) is 24.1 Å². The molecule has 64 valence electrons. The number of rotatable bonds is 1. The second kappa shape index (κ2) is 3.32. The third-order valence-corrected chi connectivity index (χ3v) is 1.93. The highest BCUT2D eigenvalue weighted by Crippen LogP contribution is 2.17. The highest BCUT2D eigenvalue weighted by Gasteiger charge is 2.32. The summed E-state index contributed by atoms with van der Waals surface area (Å²) < 4.78 is 10.4. The summed E-state index contributed by atoms with van der Waals surface area (Å²) in [5, 5.41) is 0. The van der Waals surface area contributed by atoms with E-state index in [0.717, 1.165) is 0 Å². The van der Waals surface area contributed by atoms with Gasteiger partial charge in [-0.3, -0.25) is 4.79 Å². The van der Waals surface area contributed by atoms with Gasteiger partial charge in [-0.1, -0.05) is 0 Å². The van der Waals surface area contributed by atoms with E-state index < -0.39 is 0 Å². The monoisotopic (exact) mass is 158 g/mol. The van der Waals surface area contributed by atoms with Gasteiger partial charge in [-0.2, -0.15) is 0 Å². The Morgan fingerprint density at radius 1 is 1.55 bits per heavy atom. The van der Waals surface area contributed by atoms with Crippen molar-refractivity contribution >= 4 is 5.78 Å². The van der Waals surface area contributed by atoms with Gasteiger partial charge in [-0.15, -0.1) is 0 Å². The molecule has 3 nitrogen and oxygen atoms in total. The molecule has 0 spiro atoms. The van der Waals surface area contributed by atoms with Crippen molar-refractivity contribution in [3.05, 3.63) is 0 Å². The number of hydrogen-bond acceptors (Lipinski definition) is 3. The summed E-state index contributed by atoms with van der Waals surface area (Å²) in [6.45, 7) is 3.77. The first-order valence-corrected chi connectivity index (χ1v) is 3.86. The largest absolute Gasteiger partial charge is 0.372 e. The average molecular weight is 158 g/mol. The molecule has 0 aromatic carbocycles. The fourth-order valence-electron chi connectivity index (χ4n) is 1.47. The van der Waals surface area contributed by atoms with E-state index in [9.17, 15) is 4.79 Å². The Bertz CT molecular complexity index is 155. The minimum atomic E-state index is -0.355. The number of hydrogen-bond donors (Lipinski definition) is 0. The van der Waals surface area contributed by atoms with Crippen LogP contribution in [0, 0.1) is 0 Å². The maximum atomic E-state index is 11.2. The third-order valence-electron chi connectivity index (χ3n) is 1.93. The molecule has 1 aliphatic heterocycles. The van der Waals surface area contributed by atoms with Crippen LogP contribution in [0.25, 0.3) is 0 Å². The Morgan fingerprint density at radius 2 is 2.18 bits per heavy atom. The molecule has 0 saturated carbocycles. The zero-order valence-electron chi connectivity index (χ0n) is 7.16. The number of carbonyl (C=O) groups is 1. The highest BCUT2D eigenvalue weighted by molar-refractivity contribution is 5.84. The van der Waals surface area contributed by atoms with Crippen molar-refractivity contribution in [2.24, 2.45) is 0 Å². The number of methoxy groups -OCH3 is 1. The Morgan fingerprint density at radius 3 is 2.64 bits per heavy atom. The van der Waals surface area contributed by atoms with Crippen molar-refractivity contribution in [2.45, 2.75) is 38.6 Å². The molecule has 1 heterocycles. The average Bonchev–Trinajstić information content (AvgIpc) is 1.85. The molecule has 1 aliphatic rings. The first-order valence-electron chi connectivity index (χ1n) is 3.86. The maximum Gasteiger partial charge on any atom is 0.166 e. The van der Waals surface area contributed by atoms with Crippen LogP contribution in [0.1, 0.15) is 20.3 Å². The fraction of sp³-hybridized carbons (Fsp3) is 0.875. The SMILES string of the molecule is COC1C(=O)CC(C)O[C@H]1C. The molecule has 1 saturated heterocycles. The smallest absolute Gasteiger partial charge is 0.166 e. The number of ketones is 1. The van der Waals surface area contributed by atoms with E-state index in [1.165, 1.54) is 0 Å². The predicted molar refractivity (Wildman–Crippen MR) is 40.4 cm³/mol. The maximum absolute atomic E-state index is 11.2. The first kappa shape index (κ1) is 8.68. The fourth-order valence-corrected chi connectivity index (χ4v) is 1.47. The lowest BCUT2D eigenvalue weighted by Gasteiger charge is -2.30. The number of carbonyl (C=O) groups excluding carboxylic acids is 1. The summed E-state index contributed by atoms with van der Waals surface area (Å²) in [6.07, 6.45) is 0.0643. The quantitative estimate of drug-likeness (QED) is 0.565. The highest BCUT2D eigenvalue weighted by atomic mass is 16.5. The van der Waals surface area contributed by atoms with Crippen molar-refractivity contribution in [2.75, 3.05) is 7.11 Å². The summed E-state index contributed by atoms with van der Waals surface area (Å²) in [5.74, 6) is 0.152. The summed E-state index contributed by atoms with van der Waals surface area (Å²) in [4.78, 5) is 11.2. The van der Waals surface area contributed by atoms with E-state index in [1.807, 2.05) is 13.8 Å². The minimum absolute atomic E-state index is 0.0453. The van der Waals surface area contributed by atoms with Crippen molar-refractivity contribution in [1.82, 2.24) is 0 Å². The summed E-state index contributed by atoms with van der Waals surface area (Å²) in [6, 6.07) is 0. The molecule has 3 atom stereocenters. The van der Waals surface area contributed by atoms with Gasteiger partial charge in [0.25, 0.3) is 0 Å². The van der Waals surface area contributed by atoms with Gasteiger partial charge in [0.15, 0.2) is 5.78 Å². The molecule has 0 amide bonds. The standard InChI is InChI=1S/C8H14O3/c1-5-4-7(9)8(10-3)6(2)11-5/h5-6,8H,4H2,1-3H3/t5?,6-,8?/m0/s1. The molecule has 0 N–H and O–H groups in total. The predicted octanol–water partition coefficient (Wildman–Crippen LogP) is 0.768. The van der Waals surface area contributed by atoms with Crippen LogP contribution in [0.15, 0.2) is 0 Å². The Hall–Kier alpha value is -0.410. The Labute approximate surface area is 66.7 Å². The summed E-state index contributed by atoms with van der Waals surface area (Å²) >= 11 is 0. The van der Waals surface area contributed by atoms with Crippen molar-refractivity contribution in [3.8, 4) is 0 Å². The van der Waals surface area contributed by atoms with Crippen LogP contribution in [-0.4, -0.2) is 31.2 Å². The molecule has 0 aromatic heterocycles. The molecule has 0 bridgehead atoms. The van der Waals surface area contributed by atoms with Crippen molar-refractivity contribution in [1.29, 1.82) is 0 Å². The normalized spacial score (nSPS) is 39.2. The van der Waals surface area contributed by atoms with Gasteiger partial charge in [0.05, 0.1) is 12.2 Å². The second-order valence-corrected chi connectivity index (χ2v) is 2.98. The van der Waals surface area contributed by atoms with Crippen molar-refractivity contribution < 1.29 is 14.3 Å². The molecular weight excluding hydrogens is 144 g/mol. The van der Waals surface area contributed by atoms with Gasteiger partial charge in [0.1, 0.15) is 6.10 Å². The Kier molecular flexibility index (Phi) is 2.62. The van der Waals surface area contributed by atoms with Gasteiger partial charge in [-0.25, -0.2) is 0 Å². The second-order valence-electron chi connectivity index (χ2n) is 2.98. The van der Waals surface area contributed by atoms with Gasteiger partial charge in [-0.05, 0) is 13.8 Å². The molecule has 11 heavy (non-hydrogen) atoms. The molecule has 1 fully saturated rings. The van der Waals surface area contributed by atoms with Gasteiger partial charge in [0.2, 0.25) is 0 Å². The molecule has 2 unspecified atom stereocenters. The Balaban J connectivity index is 2.59. The number of ether oxygens (including phenoxy) is 2. The van der Waals surface area contributed by atoms with Gasteiger partial charge >= 0.3 is 0 Å². The lowest BCUT2D eigenvalue weighted by atomic mass is 10.0. The van der Waals surface area contributed by atoms with E-state index in [0.29, 0.717) is 6.42 Å². The van der Waals surface area contributed by atoms with Crippen LogP contribution < -0.4 is 0 Å². The van der Waals surface area contributed by atoms with Crippen LogP contribution in [-0.2, 0) is 14.3 Å². The van der Waals surface area contributed by atoms with E-state index in [2.05, 4.69) is 0 Å². The van der Waals surface area contributed by atoms with E-state index in [1.54, 1.807) is 7.11 Å². The molecule has 0 radical (unpaired) electrons. The van der Waals surface area contributed by atoms with E-state index in [4.69, 9.17) is 9.47 Å². The molecule has 0 aliphatic carbocycles. The van der Waals surface area contributed by atoms with Gasteiger partial charge < -0.3 is 9.47 Å². The van der Waals surface area contributed by atoms with Gasteiger partial charge in [0, 0.05) is 13.5 Å². The van der Waals surface area contributed by atoms with Crippen LogP contribution in [0.5, 0.6) is 0 Å². The molecule has 0 aromatic rings. The lowest BCUT2D eigenvalue weighted by Crippen LogP contribution is -2.44. The van der Waals surface area contributed by atoms with Crippen LogP contribution >= 0.6 is 0 Å².